The number of nitrogens with zero attached hydrogens (tertiary/aromatic N) is 3. The molecule has 1 heterocycles. The van der Waals surface area contributed by atoms with Crippen LogP contribution in [0.3, 0.4) is 0 Å². The molecule has 23 heavy (non-hydrogen) atoms. The summed E-state index contributed by atoms with van der Waals surface area (Å²) in [6.45, 7) is 2.05. The van der Waals surface area contributed by atoms with E-state index in [1.54, 1.807) is 36.0 Å². The molecule has 7 nitrogen and oxygen atoms in total. The van der Waals surface area contributed by atoms with Gasteiger partial charge in [-0.1, -0.05) is 12.1 Å². The quantitative estimate of drug-likeness (QED) is 0.904. The van der Waals surface area contributed by atoms with E-state index in [1.165, 1.54) is 0 Å². The van der Waals surface area contributed by atoms with Crippen molar-refractivity contribution in [2.24, 2.45) is 18.7 Å². The molecule has 3 rings (SSSR count). The van der Waals surface area contributed by atoms with Crippen molar-refractivity contribution in [1.29, 1.82) is 0 Å². The molecule has 1 aliphatic rings. The summed E-state index contributed by atoms with van der Waals surface area (Å²) in [6, 6.07) is 6.71. The Balaban J connectivity index is 2.16. The first kappa shape index (κ1) is 15.3. The first-order valence-electron chi connectivity index (χ1n) is 7.62. The minimum Gasteiger partial charge on any atom is -0.508 e. The van der Waals surface area contributed by atoms with Gasteiger partial charge in [0, 0.05) is 18.5 Å². The fraction of sp³-hybridized carbons (Fsp3) is 0.438. The van der Waals surface area contributed by atoms with Gasteiger partial charge in [-0.3, -0.25) is 0 Å². The van der Waals surface area contributed by atoms with Gasteiger partial charge in [0.2, 0.25) is 0 Å². The second kappa shape index (κ2) is 5.57. The number of ether oxygens (including phenoxy) is 1. The van der Waals surface area contributed by atoms with Crippen molar-refractivity contribution in [2.45, 2.75) is 31.8 Å². The maximum absolute atomic E-state index is 11.5. The van der Waals surface area contributed by atoms with Gasteiger partial charge in [-0.25, -0.2) is 9.48 Å². The predicted octanol–water partition coefficient (Wildman–Crippen LogP) is 2.30. The van der Waals surface area contributed by atoms with E-state index in [0.717, 1.165) is 24.1 Å². The van der Waals surface area contributed by atoms with Gasteiger partial charge in [-0.15, -0.1) is 5.10 Å². The van der Waals surface area contributed by atoms with Crippen molar-refractivity contribution in [2.75, 3.05) is 0 Å². The number of phenols is 1. The summed E-state index contributed by atoms with van der Waals surface area (Å²) in [5, 5.41) is 17.8. The molecular weight excluding hydrogens is 296 g/mol. The Kier molecular flexibility index (Phi) is 3.71. The lowest BCUT2D eigenvalue weighted by molar-refractivity contribution is -0.0185. The summed E-state index contributed by atoms with van der Waals surface area (Å²) < 4.78 is 7.26. The van der Waals surface area contributed by atoms with E-state index < -0.39 is 11.7 Å². The SMILES string of the molecule is CC1CCCC1(OC(N)=O)c1c(-c2ccc(O)cc2)nnn1C. The summed E-state index contributed by atoms with van der Waals surface area (Å²) in [7, 11) is 1.78. The summed E-state index contributed by atoms with van der Waals surface area (Å²) in [5.74, 6) is 0.291. The maximum atomic E-state index is 11.5. The lowest BCUT2D eigenvalue weighted by Crippen LogP contribution is -2.39. The van der Waals surface area contributed by atoms with Gasteiger partial charge in [0.25, 0.3) is 0 Å². The molecule has 1 amide bonds. The Morgan fingerprint density at radius 1 is 1.43 bits per heavy atom. The molecule has 1 aliphatic carbocycles. The highest BCUT2D eigenvalue weighted by atomic mass is 16.6. The van der Waals surface area contributed by atoms with Crippen LogP contribution < -0.4 is 5.73 Å². The predicted molar refractivity (Wildman–Crippen MR) is 83.5 cm³/mol. The van der Waals surface area contributed by atoms with Crippen LogP contribution in [0.4, 0.5) is 4.79 Å². The number of hydrogen-bond donors (Lipinski definition) is 2. The summed E-state index contributed by atoms with van der Waals surface area (Å²) in [6.07, 6.45) is 1.77. The molecule has 2 aromatic rings. The highest BCUT2D eigenvalue weighted by Gasteiger charge is 2.49. The Labute approximate surface area is 134 Å². The standard InChI is InChI=1S/C16H20N4O3/c1-10-4-3-9-16(10,23-15(17)22)14-13(18-19-20(14)2)11-5-7-12(21)8-6-11/h5-8,10,21H,3-4,9H2,1-2H3,(H2,17,22). The highest BCUT2D eigenvalue weighted by molar-refractivity contribution is 5.68. The third-order valence-electron chi connectivity index (χ3n) is 4.63. The molecule has 1 aromatic carbocycles. The molecule has 1 fully saturated rings. The maximum Gasteiger partial charge on any atom is 0.405 e. The smallest absolute Gasteiger partial charge is 0.405 e. The largest absolute Gasteiger partial charge is 0.508 e. The minimum atomic E-state index is -0.822. The first-order chi connectivity index (χ1) is 10.9. The molecule has 0 spiro atoms. The molecule has 0 bridgehead atoms. The molecular formula is C16H20N4O3. The molecule has 3 N–H and O–H groups in total. The number of aromatic nitrogens is 3. The fourth-order valence-corrected chi connectivity index (χ4v) is 3.53. The molecule has 122 valence electrons. The summed E-state index contributed by atoms with van der Waals surface area (Å²) in [5.41, 5.74) is 6.71. The third kappa shape index (κ3) is 2.52. The molecule has 0 radical (unpaired) electrons. The molecule has 0 saturated heterocycles. The van der Waals surface area contributed by atoms with Crippen molar-refractivity contribution in [1.82, 2.24) is 15.0 Å². The van der Waals surface area contributed by atoms with Gasteiger partial charge < -0.3 is 15.6 Å². The molecule has 1 saturated carbocycles. The van der Waals surface area contributed by atoms with Crippen LogP contribution >= 0.6 is 0 Å². The lowest BCUT2D eigenvalue weighted by Gasteiger charge is -2.33. The Hall–Kier alpha value is -2.57. The second-order valence-corrected chi connectivity index (χ2v) is 6.06. The zero-order valence-corrected chi connectivity index (χ0v) is 13.2. The molecule has 2 atom stereocenters. The number of rotatable bonds is 3. The first-order valence-corrected chi connectivity index (χ1v) is 7.62. The van der Waals surface area contributed by atoms with Crippen LogP contribution in [-0.2, 0) is 17.4 Å². The number of phenolic OH excluding ortho intramolecular Hbond substituents is 1. The van der Waals surface area contributed by atoms with E-state index in [1.807, 2.05) is 6.92 Å². The molecule has 1 aromatic heterocycles. The zero-order chi connectivity index (χ0) is 16.6. The van der Waals surface area contributed by atoms with E-state index in [9.17, 15) is 9.90 Å². The van der Waals surface area contributed by atoms with Crippen molar-refractivity contribution in [3.05, 3.63) is 30.0 Å². The Morgan fingerprint density at radius 3 is 2.70 bits per heavy atom. The number of aryl methyl sites for hydroxylation is 1. The second-order valence-electron chi connectivity index (χ2n) is 6.06. The number of aromatic hydroxyl groups is 1. The van der Waals surface area contributed by atoms with Crippen LogP contribution in [0.5, 0.6) is 5.75 Å². The van der Waals surface area contributed by atoms with Crippen LogP contribution in [0, 0.1) is 5.92 Å². The average molecular weight is 316 g/mol. The number of amides is 1. The van der Waals surface area contributed by atoms with E-state index in [4.69, 9.17) is 10.5 Å². The lowest BCUT2D eigenvalue weighted by atomic mass is 9.86. The van der Waals surface area contributed by atoms with Crippen molar-refractivity contribution in [3.8, 4) is 17.0 Å². The average Bonchev–Trinajstić information content (AvgIpc) is 3.04. The van der Waals surface area contributed by atoms with E-state index in [2.05, 4.69) is 10.3 Å². The van der Waals surface area contributed by atoms with Crippen LogP contribution in [0.1, 0.15) is 31.9 Å². The van der Waals surface area contributed by atoms with Gasteiger partial charge in [0.15, 0.2) is 5.60 Å². The summed E-state index contributed by atoms with van der Waals surface area (Å²) in [4.78, 5) is 11.5. The number of nitrogens with two attached hydrogens (primary N) is 1. The molecule has 0 aliphatic heterocycles. The van der Waals surface area contributed by atoms with Gasteiger partial charge in [-0.2, -0.15) is 0 Å². The van der Waals surface area contributed by atoms with Crippen LogP contribution in [0.15, 0.2) is 24.3 Å². The van der Waals surface area contributed by atoms with Crippen LogP contribution in [-0.4, -0.2) is 26.2 Å². The van der Waals surface area contributed by atoms with Crippen molar-refractivity contribution in [3.63, 3.8) is 0 Å². The van der Waals surface area contributed by atoms with E-state index >= 15 is 0 Å². The zero-order valence-electron chi connectivity index (χ0n) is 13.2. The molecule has 7 heteroatoms. The number of hydrogen-bond acceptors (Lipinski definition) is 5. The number of carbonyl (C=O) groups excluding carboxylic acids is 1. The Morgan fingerprint density at radius 2 is 2.13 bits per heavy atom. The topological polar surface area (TPSA) is 103 Å². The normalized spacial score (nSPS) is 23.8. The number of carbonyl (C=O) groups is 1. The van der Waals surface area contributed by atoms with Crippen molar-refractivity contribution < 1.29 is 14.6 Å². The van der Waals surface area contributed by atoms with Gasteiger partial charge in [-0.05, 0) is 43.5 Å². The third-order valence-corrected chi connectivity index (χ3v) is 4.63. The van der Waals surface area contributed by atoms with Crippen LogP contribution in [0.2, 0.25) is 0 Å². The Bertz CT molecular complexity index is 725. The number of primary amides is 1. The van der Waals surface area contributed by atoms with E-state index in [-0.39, 0.29) is 11.7 Å². The summed E-state index contributed by atoms with van der Waals surface area (Å²) >= 11 is 0. The van der Waals surface area contributed by atoms with Crippen LogP contribution in [0.25, 0.3) is 11.3 Å². The molecule has 2 unspecified atom stereocenters. The highest BCUT2D eigenvalue weighted by Crippen LogP contribution is 2.48. The van der Waals surface area contributed by atoms with Gasteiger partial charge in [0.1, 0.15) is 17.1 Å². The fourth-order valence-electron chi connectivity index (χ4n) is 3.53. The van der Waals surface area contributed by atoms with Gasteiger partial charge >= 0.3 is 6.09 Å². The minimum absolute atomic E-state index is 0.114. The van der Waals surface area contributed by atoms with Gasteiger partial charge in [0.05, 0.1) is 0 Å². The number of benzene rings is 1. The monoisotopic (exact) mass is 316 g/mol. The van der Waals surface area contributed by atoms with E-state index in [0.29, 0.717) is 12.1 Å². The van der Waals surface area contributed by atoms with Crippen molar-refractivity contribution >= 4 is 6.09 Å².